The third kappa shape index (κ3) is 5.76. The first kappa shape index (κ1) is 23.1. The molecule has 0 aliphatic carbocycles. The van der Waals surface area contributed by atoms with Crippen LogP contribution in [0.15, 0.2) is 30.3 Å². The SMILES string of the molecule is CCOC(=O)CC1OC(=N)C(c2ccccc2)N1C1CCN(C(=O)OC(C)(C)C)CC1. The molecule has 1 aromatic carbocycles. The quantitative estimate of drug-likeness (QED) is 0.715. The first-order valence-electron chi connectivity index (χ1n) is 10.9. The molecule has 0 saturated carbocycles. The molecular formula is C23H33N3O5. The summed E-state index contributed by atoms with van der Waals surface area (Å²) in [6, 6.07) is 9.44. The van der Waals surface area contributed by atoms with Gasteiger partial charge >= 0.3 is 12.1 Å². The van der Waals surface area contributed by atoms with Crippen molar-refractivity contribution < 1.29 is 23.8 Å². The number of amides is 1. The molecule has 1 N–H and O–H groups in total. The van der Waals surface area contributed by atoms with Crippen molar-refractivity contribution in [1.29, 1.82) is 5.41 Å². The van der Waals surface area contributed by atoms with Crippen LogP contribution >= 0.6 is 0 Å². The fraction of sp³-hybridized carbons (Fsp3) is 0.609. The molecular weight excluding hydrogens is 398 g/mol. The van der Waals surface area contributed by atoms with Crippen LogP contribution in [0.5, 0.6) is 0 Å². The third-order valence-electron chi connectivity index (χ3n) is 5.44. The minimum absolute atomic E-state index is 0.0613. The summed E-state index contributed by atoms with van der Waals surface area (Å²) >= 11 is 0. The highest BCUT2D eigenvalue weighted by molar-refractivity contribution is 5.83. The van der Waals surface area contributed by atoms with Gasteiger partial charge in [-0.15, -0.1) is 0 Å². The number of nitrogens with zero attached hydrogens (tertiary/aromatic N) is 2. The predicted molar refractivity (Wildman–Crippen MR) is 116 cm³/mol. The largest absolute Gasteiger partial charge is 0.466 e. The second-order valence-electron chi connectivity index (χ2n) is 8.90. The molecule has 1 aromatic rings. The first-order valence-corrected chi connectivity index (χ1v) is 10.9. The van der Waals surface area contributed by atoms with Gasteiger partial charge in [0.15, 0.2) is 6.23 Å². The van der Waals surface area contributed by atoms with E-state index in [1.165, 1.54) is 0 Å². The Morgan fingerprint density at radius 2 is 1.81 bits per heavy atom. The average molecular weight is 432 g/mol. The monoisotopic (exact) mass is 431 g/mol. The number of hydrogen-bond acceptors (Lipinski definition) is 7. The summed E-state index contributed by atoms with van der Waals surface area (Å²) in [7, 11) is 0. The molecule has 2 heterocycles. The van der Waals surface area contributed by atoms with Crippen molar-refractivity contribution in [1.82, 2.24) is 9.80 Å². The maximum atomic E-state index is 12.4. The minimum atomic E-state index is -0.560. The number of rotatable bonds is 5. The summed E-state index contributed by atoms with van der Waals surface area (Å²) in [6.07, 6.45) is 0.608. The molecule has 2 aliphatic rings. The van der Waals surface area contributed by atoms with Crippen LogP contribution in [0.2, 0.25) is 0 Å². The summed E-state index contributed by atoms with van der Waals surface area (Å²) in [6.45, 7) is 8.75. The summed E-state index contributed by atoms with van der Waals surface area (Å²) in [5.74, 6) is -0.208. The van der Waals surface area contributed by atoms with E-state index in [2.05, 4.69) is 4.90 Å². The van der Waals surface area contributed by atoms with Crippen molar-refractivity contribution in [3.05, 3.63) is 35.9 Å². The zero-order valence-electron chi connectivity index (χ0n) is 18.8. The predicted octanol–water partition coefficient (Wildman–Crippen LogP) is 3.72. The van der Waals surface area contributed by atoms with Gasteiger partial charge < -0.3 is 19.1 Å². The molecule has 3 rings (SSSR count). The lowest BCUT2D eigenvalue weighted by atomic mass is 9.98. The molecule has 2 aliphatic heterocycles. The van der Waals surface area contributed by atoms with Crippen LogP contribution in [0, 0.1) is 5.41 Å². The van der Waals surface area contributed by atoms with Crippen molar-refractivity contribution in [3.63, 3.8) is 0 Å². The van der Waals surface area contributed by atoms with E-state index >= 15 is 0 Å². The van der Waals surface area contributed by atoms with E-state index in [1.807, 2.05) is 51.1 Å². The summed E-state index contributed by atoms with van der Waals surface area (Å²) in [5, 5.41) is 8.47. The van der Waals surface area contributed by atoms with Crippen molar-refractivity contribution in [2.24, 2.45) is 0 Å². The number of benzene rings is 1. The molecule has 2 atom stereocenters. The molecule has 0 spiro atoms. The first-order chi connectivity index (χ1) is 14.7. The van der Waals surface area contributed by atoms with Crippen molar-refractivity contribution >= 4 is 18.0 Å². The number of carbonyl (C=O) groups excluding carboxylic acids is 2. The van der Waals surface area contributed by atoms with Gasteiger partial charge in [0.2, 0.25) is 5.90 Å². The highest BCUT2D eigenvalue weighted by atomic mass is 16.6. The molecule has 8 heteroatoms. The fourth-order valence-corrected chi connectivity index (χ4v) is 4.16. The maximum Gasteiger partial charge on any atom is 0.410 e. The van der Waals surface area contributed by atoms with Gasteiger partial charge in [-0.25, -0.2) is 9.69 Å². The van der Waals surface area contributed by atoms with Crippen LogP contribution in [0.3, 0.4) is 0 Å². The zero-order chi connectivity index (χ0) is 22.6. The minimum Gasteiger partial charge on any atom is -0.466 e. The Labute approximate surface area is 183 Å². The highest BCUT2D eigenvalue weighted by Gasteiger charge is 2.46. The van der Waals surface area contributed by atoms with E-state index in [0.29, 0.717) is 32.5 Å². The van der Waals surface area contributed by atoms with Gasteiger partial charge in [0.05, 0.1) is 13.0 Å². The van der Waals surface area contributed by atoms with E-state index < -0.39 is 11.8 Å². The third-order valence-corrected chi connectivity index (χ3v) is 5.44. The van der Waals surface area contributed by atoms with Gasteiger partial charge in [-0.05, 0) is 46.1 Å². The lowest BCUT2D eigenvalue weighted by Crippen LogP contribution is -2.50. The normalized spacial score (nSPS) is 22.8. The van der Waals surface area contributed by atoms with Crippen LogP contribution in [0.1, 0.15) is 58.6 Å². The number of nitrogens with one attached hydrogen (secondary N) is 1. The Morgan fingerprint density at radius 3 is 2.39 bits per heavy atom. The number of esters is 1. The molecule has 2 unspecified atom stereocenters. The van der Waals surface area contributed by atoms with E-state index in [1.54, 1.807) is 11.8 Å². The van der Waals surface area contributed by atoms with Gasteiger partial charge in [-0.2, -0.15) is 0 Å². The van der Waals surface area contributed by atoms with Gasteiger partial charge in [0.1, 0.15) is 11.6 Å². The van der Waals surface area contributed by atoms with Crippen molar-refractivity contribution in [3.8, 4) is 0 Å². The highest BCUT2D eigenvalue weighted by Crippen LogP contribution is 2.38. The number of carbonyl (C=O) groups is 2. The van der Waals surface area contributed by atoms with E-state index in [0.717, 1.165) is 5.56 Å². The number of ether oxygens (including phenoxy) is 3. The molecule has 31 heavy (non-hydrogen) atoms. The molecule has 8 nitrogen and oxygen atoms in total. The Balaban J connectivity index is 1.76. The number of likely N-dealkylation sites (tertiary alicyclic amines) is 1. The molecule has 1 amide bonds. The molecule has 2 saturated heterocycles. The fourth-order valence-electron chi connectivity index (χ4n) is 4.16. The smallest absolute Gasteiger partial charge is 0.410 e. The molecule has 2 fully saturated rings. The Morgan fingerprint density at radius 1 is 1.16 bits per heavy atom. The molecule has 170 valence electrons. The van der Waals surface area contributed by atoms with Crippen LogP contribution in [0.25, 0.3) is 0 Å². The standard InChI is InChI=1S/C23H33N3O5/c1-5-29-19(27)15-18-26(20(21(24)30-18)16-9-7-6-8-10-16)17-11-13-25(14-12-17)22(28)31-23(2,3)4/h6-10,17-18,20,24H,5,11-15H2,1-4H3. The second-order valence-corrected chi connectivity index (χ2v) is 8.90. The second kappa shape index (κ2) is 9.68. The summed E-state index contributed by atoms with van der Waals surface area (Å²) < 4.78 is 16.5. The molecule has 0 aromatic heterocycles. The maximum absolute atomic E-state index is 12.4. The van der Waals surface area contributed by atoms with Crippen LogP contribution < -0.4 is 0 Å². The lowest BCUT2D eigenvalue weighted by Gasteiger charge is -2.40. The van der Waals surface area contributed by atoms with Crippen LogP contribution in [0.4, 0.5) is 4.79 Å². The summed E-state index contributed by atoms with van der Waals surface area (Å²) in [4.78, 5) is 28.5. The zero-order valence-corrected chi connectivity index (χ0v) is 18.8. The van der Waals surface area contributed by atoms with Crippen molar-refractivity contribution in [2.45, 2.75) is 70.9 Å². The van der Waals surface area contributed by atoms with E-state index in [4.69, 9.17) is 19.6 Å². The van der Waals surface area contributed by atoms with Gasteiger partial charge in [-0.1, -0.05) is 30.3 Å². The molecule has 0 bridgehead atoms. The number of hydrogen-bond donors (Lipinski definition) is 1. The number of piperidine rings is 1. The van der Waals surface area contributed by atoms with Gasteiger partial charge in [0.25, 0.3) is 0 Å². The van der Waals surface area contributed by atoms with Gasteiger partial charge in [0, 0.05) is 19.1 Å². The van der Waals surface area contributed by atoms with Crippen molar-refractivity contribution in [2.75, 3.05) is 19.7 Å². The summed E-state index contributed by atoms with van der Waals surface area (Å²) in [5.41, 5.74) is 0.419. The van der Waals surface area contributed by atoms with Gasteiger partial charge in [-0.3, -0.25) is 10.2 Å². The topological polar surface area (TPSA) is 92.2 Å². The Kier molecular flexibility index (Phi) is 7.20. The van der Waals surface area contributed by atoms with Crippen LogP contribution in [-0.4, -0.2) is 65.3 Å². The van der Waals surface area contributed by atoms with E-state index in [9.17, 15) is 9.59 Å². The molecule has 0 radical (unpaired) electrons. The Bertz CT molecular complexity index is 784. The average Bonchev–Trinajstić information content (AvgIpc) is 3.03. The van der Waals surface area contributed by atoms with Crippen LogP contribution in [-0.2, 0) is 19.0 Å². The van der Waals surface area contributed by atoms with E-state index in [-0.39, 0.29) is 36.5 Å². The Hall–Kier alpha value is -2.61. The lowest BCUT2D eigenvalue weighted by molar-refractivity contribution is -0.147.